The number of nitrogens with zero attached hydrogens (tertiary/aromatic N) is 3. The van der Waals surface area contributed by atoms with E-state index in [4.69, 9.17) is 5.73 Å². The standard InChI is InChI=1S/C13H10F2N4O/c14-8-2-1-3-9(15)11(8)12(20)19-5-7-4-17-13(16)18-10(7)6-19/h1-4H,5-6H2,(H2,16,17,18). The van der Waals surface area contributed by atoms with E-state index in [2.05, 4.69) is 9.97 Å². The molecule has 0 aliphatic carbocycles. The second-order valence-electron chi connectivity index (χ2n) is 4.46. The Labute approximate surface area is 113 Å². The van der Waals surface area contributed by atoms with Gasteiger partial charge in [-0.2, -0.15) is 0 Å². The molecule has 1 aliphatic heterocycles. The largest absolute Gasteiger partial charge is 0.368 e. The third-order valence-corrected chi connectivity index (χ3v) is 3.14. The summed E-state index contributed by atoms with van der Waals surface area (Å²) >= 11 is 0. The number of hydrogen-bond acceptors (Lipinski definition) is 4. The number of nitrogens with two attached hydrogens (primary N) is 1. The van der Waals surface area contributed by atoms with Gasteiger partial charge in [0.1, 0.15) is 17.2 Å². The number of carbonyl (C=O) groups is 1. The van der Waals surface area contributed by atoms with Gasteiger partial charge in [0, 0.05) is 18.3 Å². The summed E-state index contributed by atoms with van der Waals surface area (Å²) in [6.45, 7) is 0.372. The molecule has 0 atom stereocenters. The highest BCUT2D eigenvalue weighted by Crippen LogP contribution is 2.24. The number of nitrogen functional groups attached to an aromatic ring is 1. The molecule has 1 aromatic heterocycles. The van der Waals surface area contributed by atoms with Crippen LogP contribution in [0.15, 0.2) is 24.4 Å². The summed E-state index contributed by atoms with van der Waals surface area (Å²) < 4.78 is 27.2. The first-order valence-corrected chi connectivity index (χ1v) is 5.90. The lowest BCUT2D eigenvalue weighted by Gasteiger charge is -2.15. The van der Waals surface area contributed by atoms with E-state index in [1.165, 1.54) is 17.2 Å². The van der Waals surface area contributed by atoms with Crippen LogP contribution in [0.4, 0.5) is 14.7 Å². The molecule has 0 saturated heterocycles. The van der Waals surface area contributed by atoms with Crippen LogP contribution in [-0.4, -0.2) is 20.8 Å². The van der Waals surface area contributed by atoms with Crippen molar-refractivity contribution in [3.05, 3.63) is 52.9 Å². The molecule has 5 nitrogen and oxygen atoms in total. The minimum absolute atomic E-state index is 0.107. The number of hydrogen-bond donors (Lipinski definition) is 1. The van der Waals surface area contributed by atoms with Crippen molar-refractivity contribution in [3.8, 4) is 0 Å². The summed E-state index contributed by atoms with van der Waals surface area (Å²) in [5, 5.41) is 0. The fourth-order valence-electron chi connectivity index (χ4n) is 2.17. The van der Waals surface area contributed by atoms with Crippen molar-refractivity contribution in [1.82, 2.24) is 14.9 Å². The van der Waals surface area contributed by atoms with Crippen LogP contribution >= 0.6 is 0 Å². The number of amides is 1. The Balaban J connectivity index is 1.91. The van der Waals surface area contributed by atoms with Crippen molar-refractivity contribution in [2.45, 2.75) is 13.1 Å². The molecule has 2 heterocycles. The molecule has 0 radical (unpaired) electrons. The zero-order valence-electron chi connectivity index (χ0n) is 10.3. The maximum Gasteiger partial charge on any atom is 0.260 e. The molecule has 1 amide bonds. The maximum atomic E-state index is 13.6. The average molecular weight is 276 g/mol. The van der Waals surface area contributed by atoms with Crippen molar-refractivity contribution in [1.29, 1.82) is 0 Å². The predicted octanol–water partition coefficient (Wildman–Crippen LogP) is 1.49. The van der Waals surface area contributed by atoms with Crippen LogP contribution in [0.3, 0.4) is 0 Å². The van der Waals surface area contributed by atoms with Gasteiger partial charge in [-0.15, -0.1) is 0 Å². The molecular formula is C13H10F2N4O. The molecule has 0 bridgehead atoms. The van der Waals surface area contributed by atoms with Crippen LogP contribution in [0.5, 0.6) is 0 Å². The third kappa shape index (κ3) is 1.97. The van der Waals surface area contributed by atoms with Gasteiger partial charge in [0.15, 0.2) is 0 Å². The van der Waals surface area contributed by atoms with Gasteiger partial charge in [-0.25, -0.2) is 18.7 Å². The number of aromatic nitrogens is 2. The molecule has 0 saturated carbocycles. The lowest BCUT2D eigenvalue weighted by molar-refractivity contribution is 0.0740. The summed E-state index contributed by atoms with van der Waals surface area (Å²) in [6, 6.07) is 3.32. The minimum atomic E-state index is -0.878. The summed E-state index contributed by atoms with van der Waals surface area (Å²) in [7, 11) is 0. The highest BCUT2D eigenvalue weighted by molar-refractivity contribution is 5.95. The fourth-order valence-corrected chi connectivity index (χ4v) is 2.17. The Kier molecular flexibility index (Phi) is 2.81. The Morgan fingerprint density at radius 1 is 1.25 bits per heavy atom. The lowest BCUT2D eigenvalue weighted by atomic mass is 10.1. The van der Waals surface area contributed by atoms with Gasteiger partial charge in [0.25, 0.3) is 5.91 Å². The number of carbonyl (C=O) groups excluding carboxylic acids is 1. The van der Waals surface area contributed by atoms with E-state index in [0.29, 0.717) is 5.69 Å². The van der Waals surface area contributed by atoms with Crippen molar-refractivity contribution >= 4 is 11.9 Å². The fraction of sp³-hybridized carbons (Fsp3) is 0.154. The molecule has 1 aromatic carbocycles. The zero-order valence-corrected chi connectivity index (χ0v) is 10.3. The topological polar surface area (TPSA) is 72.1 Å². The molecule has 1 aliphatic rings. The first-order chi connectivity index (χ1) is 9.56. The Hall–Kier alpha value is -2.57. The number of anilines is 1. The lowest BCUT2D eigenvalue weighted by Crippen LogP contribution is -2.27. The van der Waals surface area contributed by atoms with Gasteiger partial charge < -0.3 is 10.6 Å². The molecule has 0 fully saturated rings. The van der Waals surface area contributed by atoms with E-state index in [1.807, 2.05) is 0 Å². The van der Waals surface area contributed by atoms with Crippen molar-refractivity contribution in [3.63, 3.8) is 0 Å². The van der Waals surface area contributed by atoms with Crippen molar-refractivity contribution < 1.29 is 13.6 Å². The number of rotatable bonds is 1. The molecule has 2 aromatic rings. The number of fused-ring (bicyclic) bond motifs is 1. The highest BCUT2D eigenvalue weighted by atomic mass is 19.1. The number of halogens is 2. The second-order valence-corrected chi connectivity index (χ2v) is 4.46. The highest BCUT2D eigenvalue weighted by Gasteiger charge is 2.29. The molecule has 0 spiro atoms. The van der Waals surface area contributed by atoms with Gasteiger partial charge in [0.05, 0.1) is 12.2 Å². The third-order valence-electron chi connectivity index (χ3n) is 3.14. The quantitative estimate of drug-likeness (QED) is 0.856. The van der Waals surface area contributed by atoms with E-state index in [0.717, 1.165) is 17.7 Å². The molecule has 3 rings (SSSR count). The average Bonchev–Trinajstić information content (AvgIpc) is 2.81. The molecule has 102 valence electrons. The Bertz CT molecular complexity index is 685. The van der Waals surface area contributed by atoms with Crippen LogP contribution in [0.25, 0.3) is 0 Å². The second kappa shape index (κ2) is 4.52. The van der Waals surface area contributed by atoms with Crippen LogP contribution < -0.4 is 5.73 Å². The van der Waals surface area contributed by atoms with Gasteiger partial charge in [-0.05, 0) is 12.1 Å². The monoisotopic (exact) mass is 276 g/mol. The minimum Gasteiger partial charge on any atom is -0.368 e. The Morgan fingerprint density at radius 2 is 1.95 bits per heavy atom. The van der Waals surface area contributed by atoms with Gasteiger partial charge in [-0.1, -0.05) is 6.07 Å². The smallest absolute Gasteiger partial charge is 0.260 e. The Morgan fingerprint density at radius 3 is 2.65 bits per heavy atom. The summed E-state index contributed by atoms with van der Waals surface area (Å²) in [5.74, 6) is -2.36. The van der Waals surface area contributed by atoms with Crippen LogP contribution in [0, 0.1) is 11.6 Å². The van der Waals surface area contributed by atoms with Gasteiger partial charge in [-0.3, -0.25) is 4.79 Å². The van der Waals surface area contributed by atoms with E-state index in [-0.39, 0.29) is 19.0 Å². The molecular weight excluding hydrogens is 266 g/mol. The SMILES string of the molecule is Nc1ncc2c(n1)CN(C(=O)c1c(F)cccc1F)C2. The van der Waals surface area contributed by atoms with Crippen molar-refractivity contribution in [2.75, 3.05) is 5.73 Å². The van der Waals surface area contributed by atoms with Crippen LogP contribution in [0.2, 0.25) is 0 Å². The summed E-state index contributed by atoms with van der Waals surface area (Å²) in [4.78, 5) is 21.4. The summed E-state index contributed by atoms with van der Waals surface area (Å²) in [6.07, 6.45) is 1.52. The number of benzene rings is 1. The van der Waals surface area contributed by atoms with Crippen LogP contribution in [0.1, 0.15) is 21.6 Å². The van der Waals surface area contributed by atoms with Gasteiger partial charge >= 0.3 is 0 Å². The first-order valence-electron chi connectivity index (χ1n) is 5.90. The van der Waals surface area contributed by atoms with Crippen LogP contribution in [-0.2, 0) is 13.1 Å². The molecule has 2 N–H and O–H groups in total. The van der Waals surface area contributed by atoms with Gasteiger partial charge in [0.2, 0.25) is 5.95 Å². The van der Waals surface area contributed by atoms with E-state index >= 15 is 0 Å². The zero-order chi connectivity index (χ0) is 14.3. The molecule has 0 unspecified atom stereocenters. The molecule has 7 heteroatoms. The predicted molar refractivity (Wildman–Crippen MR) is 66.4 cm³/mol. The van der Waals surface area contributed by atoms with Crippen molar-refractivity contribution in [2.24, 2.45) is 0 Å². The normalized spacial score (nSPS) is 13.4. The van der Waals surface area contributed by atoms with E-state index in [1.54, 1.807) is 0 Å². The van der Waals surface area contributed by atoms with E-state index < -0.39 is 23.1 Å². The van der Waals surface area contributed by atoms with E-state index in [9.17, 15) is 13.6 Å². The maximum absolute atomic E-state index is 13.6. The molecule has 20 heavy (non-hydrogen) atoms. The summed E-state index contributed by atoms with van der Waals surface area (Å²) in [5.41, 5.74) is 6.24. The first kappa shape index (κ1) is 12.5.